The Morgan fingerprint density at radius 2 is 2.06 bits per heavy atom. The number of rotatable bonds is 9. The number of hydrogen-bond acceptors (Lipinski definition) is 7. The monoisotopic (exact) mass is 496 g/mol. The summed E-state index contributed by atoms with van der Waals surface area (Å²) in [5.41, 5.74) is 3.01. The van der Waals surface area contributed by atoms with Crippen molar-refractivity contribution in [2.75, 3.05) is 6.61 Å². The fourth-order valence-electron chi connectivity index (χ4n) is 2.98. The molecule has 0 aliphatic carbocycles. The molecule has 0 atom stereocenters. The van der Waals surface area contributed by atoms with Crippen LogP contribution < -0.4 is 14.9 Å². The normalized spacial score (nSPS) is 10.6. The van der Waals surface area contributed by atoms with Crippen LogP contribution in [-0.4, -0.2) is 23.7 Å². The van der Waals surface area contributed by atoms with E-state index in [0.717, 1.165) is 6.07 Å². The second-order valence-electron chi connectivity index (χ2n) is 6.98. The van der Waals surface area contributed by atoms with Crippen molar-refractivity contribution in [3.63, 3.8) is 0 Å². The molecule has 178 valence electrons. The molecule has 3 rings (SSSR count). The third kappa shape index (κ3) is 6.52. The number of nitro groups is 1. The number of non-ortho nitro benzene ring substituents is 1. The van der Waals surface area contributed by atoms with E-state index in [1.165, 1.54) is 36.5 Å². The lowest BCUT2D eigenvalue weighted by Gasteiger charge is -2.14. The minimum absolute atomic E-state index is 0.0150. The van der Waals surface area contributed by atoms with Gasteiger partial charge in [0.15, 0.2) is 11.5 Å². The Morgan fingerprint density at radius 3 is 2.74 bits per heavy atom. The zero-order chi connectivity index (χ0) is 25.4. The van der Waals surface area contributed by atoms with E-state index in [-0.39, 0.29) is 34.2 Å². The fourth-order valence-corrected chi connectivity index (χ4v) is 3.25. The number of carbonyl (C=O) groups excluding carboxylic acids is 1. The predicted molar refractivity (Wildman–Crippen MR) is 126 cm³/mol. The highest BCUT2D eigenvalue weighted by Crippen LogP contribution is 2.37. The average Bonchev–Trinajstić information content (AvgIpc) is 2.83. The summed E-state index contributed by atoms with van der Waals surface area (Å²) in [6.45, 7) is 2.09. The van der Waals surface area contributed by atoms with Crippen LogP contribution in [-0.2, 0) is 6.61 Å². The van der Waals surface area contributed by atoms with Crippen molar-refractivity contribution >= 4 is 29.4 Å². The van der Waals surface area contributed by atoms with Crippen LogP contribution in [0.4, 0.5) is 10.1 Å². The van der Waals surface area contributed by atoms with Gasteiger partial charge in [-0.15, -0.1) is 0 Å². The maximum absolute atomic E-state index is 14.0. The zero-order valence-electron chi connectivity index (χ0n) is 18.3. The maximum Gasteiger partial charge on any atom is 0.274 e. The van der Waals surface area contributed by atoms with Gasteiger partial charge in [-0.05, 0) is 48.4 Å². The summed E-state index contributed by atoms with van der Waals surface area (Å²) < 4.78 is 25.4. The van der Waals surface area contributed by atoms with E-state index in [1.807, 2.05) is 0 Å². The molecule has 35 heavy (non-hydrogen) atoms. The van der Waals surface area contributed by atoms with Crippen LogP contribution in [0.1, 0.15) is 34.0 Å². The van der Waals surface area contributed by atoms with Crippen molar-refractivity contribution in [3.05, 3.63) is 97.8 Å². The topological polar surface area (TPSA) is 127 Å². The number of ether oxygens (including phenoxy) is 2. The summed E-state index contributed by atoms with van der Waals surface area (Å²) in [7, 11) is 0. The number of nitro benzene ring substituents is 1. The second kappa shape index (κ2) is 11.6. The first-order valence-corrected chi connectivity index (χ1v) is 10.6. The standard InChI is InChI=1S/C24H18ClFN4O5/c1-2-34-22-11-17(13-28-29-24(31)19-7-6-15(12-27)10-21(19)26)9-20(25)23(22)35-14-16-4-3-5-18(8-16)30(32)33/h3-11,13H,2,14H2,1H3,(H,29,31). The summed E-state index contributed by atoms with van der Waals surface area (Å²) >= 11 is 6.37. The summed E-state index contributed by atoms with van der Waals surface area (Å²) in [4.78, 5) is 22.6. The Hall–Kier alpha value is -4.49. The van der Waals surface area contributed by atoms with E-state index in [1.54, 1.807) is 31.2 Å². The Kier molecular flexibility index (Phi) is 8.32. The predicted octanol–water partition coefficient (Wildman–Crippen LogP) is 5.00. The number of carbonyl (C=O) groups is 1. The molecule has 0 aliphatic heterocycles. The minimum atomic E-state index is -0.844. The van der Waals surface area contributed by atoms with Gasteiger partial charge in [0, 0.05) is 12.1 Å². The molecular weight excluding hydrogens is 479 g/mol. The molecule has 9 nitrogen and oxygen atoms in total. The number of halogens is 2. The number of nitriles is 1. The van der Waals surface area contributed by atoms with E-state index >= 15 is 0 Å². The third-order valence-corrected chi connectivity index (χ3v) is 4.84. The molecule has 0 fully saturated rings. The van der Waals surface area contributed by atoms with Crippen LogP contribution in [0.3, 0.4) is 0 Å². The molecule has 0 saturated heterocycles. The Balaban J connectivity index is 1.74. The summed E-state index contributed by atoms with van der Waals surface area (Å²) in [6, 6.07) is 14.4. The van der Waals surface area contributed by atoms with Gasteiger partial charge in [0.25, 0.3) is 11.6 Å². The number of amides is 1. The fraction of sp³-hybridized carbons (Fsp3) is 0.125. The SMILES string of the molecule is CCOc1cc(C=NNC(=O)c2ccc(C#N)cc2F)cc(Cl)c1OCc1cccc([N+](=O)[O-])c1. The molecule has 1 N–H and O–H groups in total. The first-order chi connectivity index (χ1) is 16.8. The molecular formula is C24H18ClFN4O5. The number of benzene rings is 3. The van der Waals surface area contributed by atoms with Crippen LogP contribution in [0, 0.1) is 27.3 Å². The van der Waals surface area contributed by atoms with Gasteiger partial charge in [0.1, 0.15) is 12.4 Å². The highest BCUT2D eigenvalue weighted by molar-refractivity contribution is 6.32. The summed E-state index contributed by atoms with van der Waals surface area (Å²) in [5.74, 6) is -1.10. The Labute approximate surface area is 204 Å². The van der Waals surface area contributed by atoms with E-state index < -0.39 is 16.6 Å². The molecule has 0 aromatic heterocycles. The quantitative estimate of drug-likeness (QED) is 0.252. The van der Waals surface area contributed by atoms with Crippen molar-refractivity contribution in [2.24, 2.45) is 5.10 Å². The molecule has 0 heterocycles. The van der Waals surface area contributed by atoms with E-state index in [0.29, 0.717) is 23.5 Å². The first kappa shape index (κ1) is 25.1. The van der Waals surface area contributed by atoms with Crippen molar-refractivity contribution < 1.29 is 23.6 Å². The molecule has 0 radical (unpaired) electrons. The first-order valence-electron chi connectivity index (χ1n) is 10.2. The number of hydrogen-bond donors (Lipinski definition) is 1. The molecule has 11 heteroatoms. The maximum atomic E-state index is 14.0. The number of nitrogens with zero attached hydrogens (tertiary/aromatic N) is 3. The van der Waals surface area contributed by atoms with Gasteiger partial charge >= 0.3 is 0 Å². The lowest BCUT2D eigenvalue weighted by molar-refractivity contribution is -0.384. The van der Waals surface area contributed by atoms with Crippen molar-refractivity contribution in [3.8, 4) is 17.6 Å². The number of nitrogens with one attached hydrogen (secondary N) is 1. The van der Waals surface area contributed by atoms with Gasteiger partial charge in [-0.1, -0.05) is 23.7 Å². The van der Waals surface area contributed by atoms with Crippen LogP contribution in [0.25, 0.3) is 0 Å². The van der Waals surface area contributed by atoms with Crippen molar-refractivity contribution in [2.45, 2.75) is 13.5 Å². The van der Waals surface area contributed by atoms with Gasteiger partial charge < -0.3 is 9.47 Å². The molecule has 0 unspecified atom stereocenters. The average molecular weight is 497 g/mol. The third-order valence-electron chi connectivity index (χ3n) is 4.56. The lowest BCUT2D eigenvalue weighted by atomic mass is 10.1. The highest BCUT2D eigenvalue weighted by atomic mass is 35.5. The van der Waals surface area contributed by atoms with Crippen LogP contribution in [0.15, 0.2) is 59.7 Å². The lowest BCUT2D eigenvalue weighted by Crippen LogP contribution is -2.19. The Morgan fingerprint density at radius 1 is 1.26 bits per heavy atom. The van der Waals surface area contributed by atoms with Gasteiger partial charge in [-0.25, -0.2) is 9.82 Å². The van der Waals surface area contributed by atoms with Crippen LogP contribution in [0.2, 0.25) is 5.02 Å². The smallest absolute Gasteiger partial charge is 0.274 e. The largest absolute Gasteiger partial charge is 0.490 e. The summed E-state index contributed by atoms with van der Waals surface area (Å²) in [6.07, 6.45) is 1.29. The minimum Gasteiger partial charge on any atom is -0.490 e. The van der Waals surface area contributed by atoms with E-state index in [9.17, 15) is 19.3 Å². The zero-order valence-corrected chi connectivity index (χ0v) is 19.1. The van der Waals surface area contributed by atoms with Gasteiger partial charge in [-0.2, -0.15) is 10.4 Å². The Bertz CT molecular complexity index is 1340. The van der Waals surface area contributed by atoms with Gasteiger partial charge in [-0.3, -0.25) is 14.9 Å². The molecule has 0 spiro atoms. The van der Waals surface area contributed by atoms with Gasteiger partial charge in [0.05, 0.1) is 40.0 Å². The van der Waals surface area contributed by atoms with Crippen molar-refractivity contribution in [1.82, 2.24) is 5.43 Å². The molecule has 0 aliphatic rings. The number of hydrazone groups is 1. The van der Waals surface area contributed by atoms with Crippen molar-refractivity contribution in [1.29, 1.82) is 5.26 Å². The molecule has 0 saturated carbocycles. The molecule has 0 bridgehead atoms. The summed E-state index contributed by atoms with van der Waals surface area (Å²) in [5, 5.41) is 23.8. The molecule has 3 aromatic rings. The second-order valence-corrected chi connectivity index (χ2v) is 7.39. The van der Waals surface area contributed by atoms with E-state index in [2.05, 4.69) is 10.5 Å². The van der Waals surface area contributed by atoms with Crippen LogP contribution >= 0.6 is 11.6 Å². The molecule has 3 aromatic carbocycles. The van der Waals surface area contributed by atoms with E-state index in [4.69, 9.17) is 26.3 Å². The van der Waals surface area contributed by atoms with Crippen LogP contribution in [0.5, 0.6) is 11.5 Å². The van der Waals surface area contributed by atoms with Gasteiger partial charge in [0.2, 0.25) is 0 Å². The highest BCUT2D eigenvalue weighted by Gasteiger charge is 2.15. The molecule has 1 amide bonds.